The van der Waals surface area contributed by atoms with Crippen LogP contribution in [0, 0.1) is 6.92 Å². The van der Waals surface area contributed by atoms with Gasteiger partial charge in [-0.3, -0.25) is 5.10 Å². The van der Waals surface area contributed by atoms with Crippen LogP contribution < -0.4 is 0 Å². The highest BCUT2D eigenvalue weighted by atomic mass is 15.5. The molecule has 0 aliphatic carbocycles. The second-order valence-corrected chi connectivity index (χ2v) is 2.34. The predicted octanol–water partition coefficient (Wildman–Crippen LogP) is -0.783. The van der Waals surface area contributed by atoms with Gasteiger partial charge in [0.05, 0.1) is 6.42 Å². The predicted molar refractivity (Wildman–Crippen MR) is 38.1 cm³/mol. The molecule has 0 bridgehead atoms. The number of aryl methyl sites for hydroxylation is 1. The van der Waals surface area contributed by atoms with Crippen LogP contribution in [0.2, 0.25) is 0 Å². The van der Waals surface area contributed by atoms with Gasteiger partial charge in [-0.15, -0.1) is 10.2 Å². The summed E-state index contributed by atoms with van der Waals surface area (Å²) >= 11 is 0. The fraction of sp³-hybridized carbons (Fsp3) is 0.400. The van der Waals surface area contributed by atoms with Crippen molar-refractivity contribution in [3.63, 3.8) is 0 Å². The molecule has 0 aliphatic rings. The zero-order valence-corrected chi connectivity index (χ0v) is 6.44. The number of H-pyrrole nitrogens is 2. The van der Waals surface area contributed by atoms with Crippen molar-refractivity contribution in [1.82, 2.24) is 35.8 Å². The summed E-state index contributed by atoms with van der Waals surface area (Å²) in [7, 11) is 0. The summed E-state index contributed by atoms with van der Waals surface area (Å²) in [6.07, 6.45) is 0.501. The molecule has 2 heterocycles. The standard InChI is InChI=1S/C5H7N7/c1-3-6-4(8-7-3)2-5-9-11-12-10-5/h2H2,1H3,(H,6,7,8)(H,9,10,11,12). The Kier molecular flexibility index (Phi) is 1.54. The maximum Gasteiger partial charge on any atom is 0.182 e. The van der Waals surface area contributed by atoms with Crippen LogP contribution in [0.15, 0.2) is 0 Å². The lowest BCUT2D eigenvalue weighted by Gasteiger charge is -1.83. The first-order valence-corrected chi connectivity index (χ1v) is 3.45. The number of hydrogen-bond acceptors (Lipinski definition) is 5. The number of aromatic nitrogens is 7. The third-order valence-electron chi connectivity index (χ3n) is 1.35. The van der Waals surface area contributed by atoms with Crippen LogP contribution in [0.4, 0.5) is 0 Å². The minimum absolute atomic E-state index is 0.501. The van der Waals surface area contributed by atoms with E-state index in [1.54, 1.807) is 0 Å². The van der Waals surface area contributed by atoms with Gasteiger partial charge in [0.15, 0.2) is 11.6 Å². The normalized spacial score (nSPS) is 10.4. The third kappa shape index (κ3) is 1.29. The van der Waals surface area contributed by atoms with E-state index in [1.165, 1.54) is 0 Å². The number of aromatic amines is 2. The highest BCUT2D eigenvalue weighted by Gasteiger charge is 2.04. The van der Waals surface area contributed by atoms with Gasteiger partial charge in [0.25, 0.3) is 0 Å². The Morgan fingerprint density at radius 2 is 2.17 bits per heavy atom. The van der Waals surface area contributed by atoms with Crippen molar-refractivity contribution in [2.24, 2.45) is 0 Å². The molecule has 2 rings (SSSR count). The first kappa shape index (κ1) is 6.89. The van der Waals surface area contributed by atoms with Crippen molar-refractivity contribution in [2.75, 3.05) is 0 Å². The van der Waals surface area contributed by atoms with Gasteiger partial charge < -0.3 is 0 Å². The number of nitrogens with one attached hydrogen (secondary N) is 2. The molecule has 0 fully saturated rings. The Labute approximate surface area is 67.6 Å². The molecule has 7 heteroatoms. The molecule has 0 spiro atoms. The van der Waals surface area contributed by atoms with Gasteiger partial charge >= 0.3 is 0 Å². The minimum atomic E-state index is 0.501. The zero-order valence-electron chi connectivity index (χ0n) is 6.44. The molecule has 2 aromatic rings. The van der Waals surface area contributed by atoms with E-state index in [9.17, 15) is 0 Å². The molecule has 0 amide bonds. The molecule has 62 valence electrons. The highest BCUT2D eigenvalue weighted by Crippen LogP contribution is 1.96. The number of rotatable bonds is 2. The average Bonchev–Trinajstić information content (AvgIpc) is 2.63. The molecule has 0 unspecified atom stereocenters. The second-order valence-electron chi connectivity index (χ2n) is 2.34. The Morgan fingerprint density at radius 1 is 1.25 bits per heavy atom. The molecular formula is C5H7N7. The minimum Gasteiger partial charge on any atom is -0.263 e. The maximum atomic E-state index is 4.10. The van der Waals surface area contributed by atoms with Crippen LogP contribution in [0.25, 0.3) is 0 Å². The summed E-state index contributed by atoms with van der Waals surface area (Å²) in [5.41, 5.74) is 0. The van der Waals surface area contributed by atoms with Gasteiger partial charge in [-0.1, -0.05) is 5.21 Å². The van der Waals surface area contributed by atoms with Crippen LogP contribution in [0.5, 0.6) is 0 Å². The van der Waals surface area contributed by atoms with Crippen molar-refractivity contribution in [1.29, 1.82) is 0 Å². The lowest BCUT2D eigenvalue weighted by atomic mass is 10.4. The molecule has 0 saturated carbocycles. The van der Waals surface area contributed by atoms with E-state index in [1.807, 2.05) is 6.92 Å². The fourth-order valence-corrected chi connectivity index (χ4v) is 0.867. The SMILES string of the molecule is Cc1nc(Cc2nn[nH]n2)n[nH]1. The largest absolute Gasteiger partial charge is 0.263 e. The maximum absolute atomic E-state index is 4.10. The van der Waals surface area contributed by atoms with E-state index < -0.39 is 0 Å². The van der Waals surface area contributed by atoms with E-state index in [4.69, 9.17) is 0 Å². The fourth-order valence-electron chi connectivity index (χ4n) is 0.867. The number of nitrogens with zero attached hydrogens (tertiary/aromatic N) is 5. The molecule has 2 aromatic heterocycles. The van der Waals surface area contributed by atoms with Gasteiger partial charge in [-0.25, -0.2) is 4.98 Å². The van der Waals surface area contributed by atoms with E-state index >= 15 is 0 Å². The van der Waals surface area contributed by atoms with Crippen molar-refractivity contribution in [3.8, 4) is 0 Å². The Hall–Kier alpha value is -1.79. The molecule has 12 heavy (non-hydrogen) atoms. The summed E-state index contributed by atoms with van der Waals surface area (Å²) in [6, 6.07) is 0. The summed E-state index contributed by atoms with van der Waals surface area (Å²) < 4.78 is 0. The highest BCUT2D eigenvalue weighted by molar-refractivity contribution is 4.96. The quantitative estimate of drug-likeness (QED) is 0.608. The molecule has 0 aliphatic heterocycles. The van der Waals surface area contributed by atoms with Crippen molar-refractivity contribution >= 4 is 0 Å². The van der Waals surface area contributed by atoms with E-state index in [-0.39, 0.29) is 0 Å². The first-order chi connectivity index (χ1) is 5.84. The lowest BCUT2D eigenvalue weighted by molar-refractivity contribution is 0.881. The molecule has 2 N–H and O–H groups in total. The van der Waals surface area contributed by atoms with Crippen LogP contribution in [-0.2, 0) is 6.42 Å². The Balaban J connectivity index is 2.14. The monoisotopic (exact) mass is 165 g/mol. The molecule has 0 saturated heterocycles. The van der Waals surface area contributed by atoms with Crippen LogP contribution in [0.1, 0.15) is 17.5 Å². The molecule has 0 atom stereocenters. The molecule has 0 radical (unpaired) electrons. The van der Waals surface area contributed by atoms with E-state index in [2.05, 4.69) is 35.8 Å². The Bertz CT molecular complexity index is 348. The number of tetrazole rings is 1. The van der Waals surface area contributed by atoms with Gasteiger partial charge in [-0.05, 0) is 6.92 Å². The van der Waals surface area contributed by atoms with Gasteiger partial charge in [-0.2, -0.15) is 10.3 Å². The summed E-state index contributed by atoms with van der Waals surface area (Å²) in [5, 5.41) is 20.0. The molecule has 7 nitrogen and oxygen atoms in total. The topological polar surface area (TPSA) is 96.0 Å². The summed E-state index contributed by atoms with van der Waals surface area (Å²) in [6.45, 7) is 1.84. The van der Waals surface area contributed by atoms with Crippen molar-refractivity contribution in [2.45, 2.75) is 13.3 Å². The van der Waals surface area contributed by atoms with Crippen molar-refractivity contribution in [3.05, 3.63) is 17.5 Å². The van der Waals surface area contributed by atoms with Gasteiger partial charge in [0, 0.05) is 0 Å². The zero-order chi connectivity index (χ0) is 8.39. The van der Waals surface area contributed by atoms with Gasteiger partial charge in [0.1, 0.15) is 5.82 Å². The second kappa shape index (κ2) is 2.68. The smallest absolute Gasteiger partial charge is 0.182 e. The third-order valence-corrected chi connectivity index (χ3v) is 1.35. The average molecular weight is 165 g/mol. The van der Waals surface area contributed by atoms with Crippen LogP contribution in [-0.4, -0.2) is 35.8 Å². The molecular weight excluding hydrogens is 158 g/mol. The van der Waals surface area contributed by atoms with Crippen LogP contribution >= 0.6 is 0 Å². The Morgan fingerprint density at radius 3 is 2.75 bits per heavy atom. The lowest BCUT2D eigenvalue weighted by Crippen LogP contribution is -1.93. The first-order valence-electron chi connectivity index (χ1n) is 3.45. The van der Waals surface area contributed by atoms with Gasteiger partial charge in [0.2, 0.25) is 0 Å². The summed E-state index contributed by atoms with van der Waals surface area (Å²) in [5.74, 6) is 2.05. The number of hydrogen-bond donors (Lipinski definition) is 2. The van der Waals surface area contributed by atoms with Crippen molar-refractivity contribution < 1.29 is 0 Å². The van der Waals surface area contributed by atoms with E-state index in [0.29, 0.717) is 18.1 Å². The summed E-state index contributed by atoms with van der Waals surface area (Å²) in [4.78, 5) is 4.10. The van der Waals surface area contributed by atoms with Crippen LogP contribution in [0.3, 0.4) is 0 Å². The van der Waals surface area contributed by atoms with E-state index in [0.717, 1.165) is 5.82 Å². The molecule has 0 aromatic carbocycles.